The summed E-state index contributed by atoms with van der Waals surface area (Å²) in [6.07, 6.45) is 3.03. The predicted octanol–water partition coefficient (Wildman–Crippen LogP) is 3.84. The normalized spacial score (nSPS) is 16.3. The van der Waals surface area contributed by atoms with E-state index in [9.17, 15) is 14.4 Å². The Morgan fingerprint density at radius 1 is 1.00 bits per heavy atom. The summed E-state index contributed by atoms with van der Waals surface area (Å²) in [4.78, 5) is 44.2. The van der Waals surface area contributed by atoms with Crippen LogP contribution in [0, 0.1) is 12.3 Å². The molecular weight excluding hydrogens is 496 g/mol. The number of nitrogens with one attached hydrogen (secondary N) is 1. The van der Waals surface area contributed by atoms with Crippen LogP contribution in [0.15, 0.2) is 24.3 Å². The van der Waals surface area contributed by atoms with Gasteiger partial charge in [-0.25, -0.2) is 9.69 Å². The average Bonchev–Trinajstić information content (AvgIpc) is 2.94. The van der Waals surface area contributed by atoms with E-state index in [-0.39, 0.29) is 18.4 Å². The van der Waals surface area contributed by atoms with E-state index in [1.807, 2.05) is 20.8 Å². The topological polar surface area (TPSA) is 91.4 Å². The molecule has 1 unspecified atom stereocenters. The minimum Gasteiger partial charge on any atom is -0.383 e. The number of methoxy groups -OCH3 is 1. The van der Waals surface area contributed by atoms with Crippen molar-refractivity contribution >= 4 is 17.8 Å². The second-order valence-corrected chi connectivity index (χ2v) is 10.3. The van der Waals surface area contributed by atoms with Gasteiger partial charge in [0.1, 0.15) is 6.61 Å². The maximum atomic E-state index is 13.1. The lowest BCUT2D eigenvalue weighted by molar-refractivity contribution is -0.212. The molecule has 1 fully saturated rings. The number of ether oxygens (including phenoxy) is 2. The van der Waals surface area contributed by atoms with Gasteiger partial charge in [0.15, 0.2) is 6.23 Å². The van der Waals surface area contributed by atoms with Crippen LogP contribution in [0.3, 0.4) is 0 Å². The number of urea groups is 1. The van der Waals surface area contributed by atoms with Crippen molar-refractivity contribution in [1.29, 1.82) is 0 Å². The summed E-state index contributed by atoms with van der Waals surface area (Å²) in [7, 11) is 1.68. The Hall–Kier alpha value is -2.49. The third kappa shape index (κ3) is 8.75. The van der Waals surface area contributed by atoms with Gasteiger partial charge >= 0.3 is 6.03 Å². The number of benzene rings is 1. The lowest BCUT2D eigenvalue weighted by Crippen LogP contribution is -2.72. The van der Waals surface area contributed by atoms with Gasteiger partial charge in [-0.15, -0.1) is 0 Å². The number of aryl methyl sites for hydroxylation is 2. The predicted molar refractivity (Wildman–Crippen MR) is 153 cm³/mol. The molecule has 1 N–H and O–H groups in total. The Labute approximate surface area is 235 Å². The van der Waals surface area contributed by atoms with Gasteiger partial charge in [-0.1, -0.05) is 50.6 Å². The van der Waals surface area contributed by atoms with Gasteiger partial charge in [-0.2, -0.15) is 0 Å². The molecule has 4 amide bonds. The number of likely N-dealkylation sites (N-methyl/N-ethyl adjacent to an activating group) is 2. The fourth-order valence-electron chi connectivity index (χ4n) is 5.07. The number of carbonyl (C=O) groups excluding carboxylic acids is 3. The van der Waals surface area contributed by atoms with Crippen molar-refractivity contribution in [2.75, 3.05) is 59.6 Å². The molecular formula is C30H50N4O5. The molecule has 0 radical (unpaired) electrons. The summed E-state index contributed by atoms with van der Waals surface area (Å²) in [5, 5.41) is 2.88. The van der Waals surface area contributed by atoms with Crippen molar-refractivity contribution in [2.45, 2.75) is 73.0 Å². The molecule has 1 aliphatic rings. The largest absolute Gasteiger partial charge is 0.383 e. The third-order valence-corrected chi connectivity index (χ3v) is 7.97. The van der Waals surface area contributed by atoms with Crippen LogP contribution in [0.1, 0.15) is 64.5 Å². The zero-order chi connectivity index (χ0) is 28.8. The highest BCUT2D eigenvalue weighted by molar-refractivity contribution is 6.03. The number of amides is 4. The molecule has 2 rings (SSSR count). The standard InChI is InChI=1S/C30H50N4O5/c1-7-30(8-2)27(36)34(29(37)31-18-12-11-13-25-16-14-24(5)15-17-25)28(30)39-23-26(35)33(10-4)20-19-32(9-3)21-22-38-6/h14-17,28H,7-13,18-23H2,1-6H3,(H,31,37). The number of unbranched alkanes of at least 4 members (excludes halogenated alkanes) is 1. The van der Waals surface area contributed by atoms with Crippen molar-refractivity contribution in [1.82, 2.24) is 20.0 Å². The summed E-state index contributed by atoms with van der Waals surface area (Å²) >= 11 is 0. The van der Waals surface area contributed by atoms with Crippen molar-refractivity contribution in [3.8, 4) is 0 Å². The molecule has 1 aliphatic heterocycles. The second-order valence-electron chi connectivity index (χ2n) is 10.3. The molecule has 0 saturated carbocycles. The lowest BCUT2D eigenvalue weighted by atomic mass is 9.72. The minimum absolute atomic E-state index is 0.141. The highest BCUT2D eigenvalue weighted by Gasteiger charge is 2.62. The molecule has 220 valence electrons. The molecule has 1 aromatic carbocycles. The van der Waals surface area contributed by atoms with Crippen molar-refractivity contribution in [2.24, 2.45) is 5.41 Å². The van der Waals surface area contributed by atoms with Gasteiger partial charge in [0.2, 0.25) is 11.8 Å². The van der Waals surface area contributed by atoms with Gasteiger partial charge in [-0.3, -0.25) is 14.5 Å². The van der Waals surface area contributed by atoms with Crippen LogP contribution < -0.4 is 5.32 Å². The van der Waals surface area contributed by atoms with Crippen LogP contribution in [0.2, 0.25) is 0 Å². The summed E-state index contributed by atoms with van der Waals surface area (Å²) in [5.41, 5.74) is 1.73. The quantitative estimate of drug-likeness (QED) is 0.222. The van der Waals surface area contributed by atoms with Crippen LogP contribution in [0.5, 0.6) is 0 Å². The summed E-state index contributed by atoms with van der Waals surface area (Å²) in [6.45, 7) is 14.5. The summed E-state index contributed by atoms with van der Waals surface area (Å²) < 4.78 is 11.2. The number of hydrogen-bond donors (Lipinski definition) is 1. The lowest BCUT2D eigenvalue weighted by Gasteiger charge is -2.53. The Morgan fingerprint density at radius 2 is 1.69 bits per heavy atom. The smallest absolute Gasteiger partial charge is 0.326 e. The van der Waals surface area contributed by atoms with Crippen LogP contribution >= 0.6 is 0 Å². The van der Waals surface area contributed by atoms with Gasteiger partial charge in [0.25, 0.3) is 0 Å². The second kappa shape index (κ2) is 16.6. The van der Waals surface area contributed by atoms with Gasteiger partial charge in [-0.05, 0) is 58.1 Å². The van der Waals surface area contributed by atoms with Gasteiger partial charge in [0, 0.05) is 39.8 Å². The highest BCUT2D eigenvalue weighted by Crippen LogP contribution is 2.45. The van der Waals surface area contributed by atoms with E-state index in [4.69, 9.17) is 9.47 Å². The van der Waals surface area contributed by atoms with Crippen molar-refractivity contribution < 1.29 is 23.9 Å². The van der Waals surface area contributed by atoms with E-state index in [1.165, 1.54) is 16.0 Å². The number of likely N-dealkylation sites (tertiary alicyclic amines) is 1. The molecule has 9 nitrogen and oxygen atoms in total. The highest BCUT2D eigenvalue weighted by atomic mass is 16.5. The van der Waals surface area contributed by atoms with E-state index < -0.39 is 17.7 Å². The molecule has 0 spiro atoms. The fraction of sp³-hybridized carbons (Fsp3) is 0.700. The summed E-state index contributed by atoms with van der Waals surface area (Å²) in [6, 6.07) is 8.02. The van der Waals surface area contributed by atoms with Crippen molar-refractivity contribution in [3.63, 3.8) is 0 Å². The zero-order valence-electron chi connectivity index (χ0n) is 25.0. The molecule has 1 aromatic rings. The number of carbonyl (C=O) groups is 3. The molecule has 0 aliphatic carbocycles. The molecule has 0 bridgehead atoms. The Balaban J connectivity index is 1.89. The molecule has 1 atom stereocenters. The third-order valence-electron chi connectivity index (χ3n) is 7.97. The molecule has 9 heteroatoms. The SMILES string of the molecule is CCN(CCOC)CCN(CC)C(=O)COC1N(C(=O)NCCCCc2ccc(C)cc2)C(=O)C1(CC)CC. The maximum Gasteiger partial charge on any atom is 0.326 e. The number of rotatable bonds is 18. The monoisotopic (exact) mass is 546 g/mol. The zero-order valence-corrected chi connectivity index (χ0v) is 25.0. The number of β-lactam (4-membered cyclic amide) rings is 1. The van der Waals surface area contributed by atoms with E-state index in [2.05, 4.69) is 48.3 Å². The number of imide groups is 1. The van der Waals surface area contributed by atoms with Crippen LogP contribution in [0.4, 0.5) is 4.79 Å². The van der Waals surface area contributed by atoms with Gasteiger partial charge in [0.05, 0.1) is 12.0 Å². The average molecular weight is 547 g/mol. The Bertz CT molecular complexity index is 903. The first-order chi connectivity index (χ1) is 18.8. The molecule has 0 aromatic heterocycles. The first kappa shape index (κ1) is 32.7. The van der Waals surface area contributed by atoms with E-state index in [0.29, 0.717) is 39.1 Å². The van der Waals surface area contributed by atoms with Crippen molar-refractivity contribution in [3.05, 3.63) is 35.4 Å². The maximum absolute atomic E-state index is 13.1. The van der Waals surface area contributed by atoms with E-state index >= 15 is 0 Å². The Morgan fingerprint density at radius 3 is 2.28 bits per heavy atom. The fourth-order valence-corrected chi connectivity index (χ4v) is 5.07. The first-order valence-corrected chi connectivity index (χ1v) is 14.6. The van der Waals surface area contributed by atoms with E-state index in [0.717, 1.165) is 38.9 Å². The number of nitrogens with zero attached hydrogens (tertiary/aromatic N) is 3. The Kier molecular flexibility index (Phi) is 13.9. The van der Waals surface area contributed by atoms with Crippen LogP contribution in [-0.4, -0.2) is 98.4 Å². The molecule has 1 saturated heterocycles. The molecule has 39 heavy (non-hydrogen) atoms. The van der Waals surface area contributed by atoms with Crippen LogP contribution in [0.25, 0.3) is 0 Å². The number of hydrogen-bond acceptors (Lipinski definition) is 6. The van der Waals surface area contributed by atoms with E-state index in [1.54, 1.807) is 12.0 Å². The minimum atomic E-state index is -0.779. The van der Waals surface area contributed by atoms with Gasteiger partial charge < -0.3 is 19.7 Å². The van der Waals surface area contributed by atoms with Crippen LogP contribution in [-0.2, 0) is 25.5 Å². The molecule has 1 heterocycles. The first-order valence-electron chi connectivity index (χ1n) is 14.6. The summed E-state index contributed by atoms with van der Waals surface area (Å²) in [5.74, 6) is -0.372.